The van der Waals surface area contributed by atoms with Gasteiger partial charge in [0.25, 0.3) is 5.91 Å². The molecule has 2 rings (SSSR count). The minimum absolute atomic E-state index is 0.0620. The lowest BCUT2D eigenvalue weighted by atomic mass is 10.2. The van der Waals surface area contributed by atoms with Crippen molar-refractivity contribution in [3.05, 3.63) is 29.8 Å². The smallest absolute Gasteiger partial charge is 0.331 e. The molecule has 0 aromatic heterocycles. The number of rotatable bonds is 7. The van der Waals surface area contributed by atoms with Gasteiger partial charge < -0.3 is 19.1 Å². The minimum atomic E-state index is -3.11. The Morgan fingerprint density at radius 1 is 1.18 bits per heavy atom. The van der Waals surface area contributed by atoms with E-state index in [0.717, 1.165) is 0 Å². The van der Waals surface area contributed by atoms with E-state index >= 15 is 0 Å². The van der Waals surface area contributed by atoms with Crippen LogP contribution in [0.5, 0.6) is 11.5 Å². The van der Waals surface area contributed by atoms with Gasteiger partial charge in [-0.3, -0.25) is 4.79 Å². The van der Waals surface area contributed by atoms with Crippen LogP contribution in [0, 0.1) is 0 Å². The maximum Gasteiger partial charge on any atom is 0.331 e. The molecule has 154 valence electrons. The van der Waals surface area contributed by atoms with E-state index in [1.54, 1.807) is 18.2 Å². The van der Waals surface area contributed by atoms with Crippen molar-refractivity contribution in [3.8, 4) is 11.5 Å². The number of hydrogen-bond acceptors (Lipinski definition) is 7. The second kappa shape index (κ2) is 9.09. The summed E-state index contributed by atoms with van der Waals surface area (Å²) in [7, 11) is 1.46. The molecule has 1 saturated heterocycles. The molecule has 0 bridgehead atoms. The zero-order chi connectivity index (χ0) is 20.9. The summed E-state index contributed by atoms with van der Waals surface area (Å²) in [5.41, 5.74) is 0.667. The van der Waals surface area contributed by atoms with Crippen LogP contribution in [0.15, 0.2) is 24.3 Å². The highest BCUT2D eigenvalue weighted by Gasteiger charge is 2.34. The second-order valence-electron chi connectivity index (χ2n) is 6.56. The molecule has 1 aliphatic rings. The van der Waals surface area contributed by atoms with Crippen molar-refractivity contribution in [1.29, 1.82) is 0 Å². The fraction of sp³-hybridized carbons (Fsp3) is 0.474. The van der Waals surface area contributed by atoms with Gasteiger partial charge in [0.15, 0.2) is 15.9 Å². The molecule has 1 amide bonds. The third-order valence-corrected chi connectivity index (χ3v) is 6.28. The van der Waals surface area contributed by atoms with Gasteiger partial charge in [-0.2, -0.15) is 0 Å². The Morgan fingerprint density at radius 3 is 2.29 bits per heavy atom. The van der Waals surface area contributed by atoms with Crippen molar-refractivity contribution < 1.29 is 32.2 Å². The first kappa shape index (κ1) is 21.7. The molecule has 8 nitrogen and oxygen atoms in total. The maximum atomic E-state index is 12.4. The molecule has 1 fully saturated rings. The van der Waals surface area contributed by atoms with E-state index in [1.807, 2.05) is 0 Å². The molecular weight excluding hydrogens is 386 g/mol. The molecule has 0 spiro atoms. The normalized spacial score (nSPS) is 19.2. The van der Waals surface area contributed by atoms with Gasteiger partial charge in [-0.15, -0.1) is 0 Å². The van der Waals surface area contributed by atoms with Crippen LogP contribution in [0.3, 0.4) is 0 Å². The third kappa shape index (κ3) is 5.72. The van der Waals surface area contributed by atoms with Crippen molar-refractivity contribution >= 4 is 27.8 Å². The summed E-state index contributed by atoms with van der Waals surface area (Å²) in [5.74, 6) is 0.0269. The van der Waals surface area contributed by atoms with E-state index in [4.69, 9.17) is 14.2 Å². The van der Waals surface area contributed by atoms with Crippen LogP contribution < -0.4 is 9.47 Å². The number of hydrogen-bond donors (Lipinski definition) is 0. The van der Waals surface area contributed by atoms with E-state index in [9.17, 15) is 18.0 Å². The lowest BCUT2D eigenvalue weighted by Gasteiger charge is -2.26. The predicted octanol–water partition coefficient (Wildman–Crippen LogP) is 1.29. The van der Waals surface area contributed by atoms with Crippen molar-refractivity contribution in [2.75, 3.05) is 32.8 Å². The van der Waals surface area contributed by atoms with Crippen LogP contribution in [0.1, 0.15) is 18.9 Å². The summed E-state index contributed by atoms with van der Waals surface area (Å²) >= 11 is 0. The van der Waals surface area contributed by atoms with Crippen LogP contribution in [0.2, 0.25) is 0 Å². The van der Waals surface area contributed by atoms with Gasteiger partial charge >= 0.3 is 5.97 Å². The molecule has 1 aromatic rings. The minimum Gasteiger partial charge on any atom is -0.497 e. The number of benzene rings is 1. The Kier molecular flexibility index (Phi) is 7.06. The average molecular weight is 411 g/mol. The summed E-state index contributed by atoms with van der Waals surface area (Å²) in [6.07, 6.45) is 2.10. The van der Waals surface area contributed by atoms with Crippen LogP contribution >= 0.6 is 0 Å². The van der Waals surface area contributed by atoms with E-state index in [-0.39, 0.29) is 11.5 Å². The molecule has 0 radical (unpaired) electrons. The van der Waals surface area contributed by atoms with E-state index in [0.29, 0.717) is 23.5 Å². The number of esters is 1. The fourth-order valence-corrected chi connectivity index (χ4v) is 4.68. The molecule has 2 atom stereocenters. The van der Waals surface area contributed by atoms with Crippen LogP contribution in [0.25, 0.3) is 6.08 Å². The van der Waals surface area contributed by atoms with E-state index in [2.05, 4.69) is 0 Å². The molecule has 1 heterocycles. The summed E-state index contributed by atoms with van der Waals surface area (Å²) < 4.78 is 38.6. The monoisotopic (exact) mass is 411 g/mol. The number of likely N-dealkylation sites (N-methyl/N-ethyl adjacent to an activating group) is 1. The third-order valence-electron chi connectivity index (χ3n) is 4.53. The number of methoxy groups -OCH3 is 2. The predicted molar refractivity (Wildman–Crippen MR) is 104 cm³/mol. The molecule has 28 heavy (non-hydrogen) atoms. The first-order valence-electron chi connectivity index (χ1n) is 8.74. The number of carbonyl (C=O) groups excluding carboxylic acids is 2. The van der Waals surface area contributed by atoms with Gasteiger partial charge in [0.2, 0.25) is 0 Å². The van der Waals surface area contributed by atoms with Gasteiger partial charge in [-0.1, -0.05) is 0 Å². The van der Waals surface area contributed by atoms with E-state index < -0.39 is 33.9 Å². The lowest BCUT2D eigenvalue weighted by Crippen LogP contribution is -2.44. The molecule has 1 aliphatic heterocycles. The Bertz CT molecular complexity index is 841. The van der Waals surface area contributed by atoms with Gasteiger partial charge in [0.1, 0.15) is 11.5 Å². The zero-order valence-electron chi connectivity index (χ0n) is 16.4. The molecule has 9 heteroatoms. The highest BCUT2D eigenvalue weighted by atomic mass is 32.2. The van der Waals surface area contributed by atoms with Crippen LogP contribution in [-0.4, -0.2) is 70.1 Å². The Balaban J connectivity index is 1.96. The maximum absolute atomic E-state index is 12.4. The van der Waals surface area contributed by atoms with Gasteiger partial charge in [-0.25, -0.2) is 13.2 Å². The zero-order valence-corrected chi connectivity index (χ0v) is 17.2. The van der Waals surface area contributed by atoms with Crippen LogP contribution in [0.4, 0.5) is 0 Å². The largest absolute Gasteiger partial charge is 0.497 e. The van der Waals surface area contributed by atoms with Crippen molar-refractivity contribution in [2.24, 2.45) is 0 Å². The highest BCUT2D eigenvalue weighted by molar-refractivity contribution is 7.91. The SMILES string of the molecule is COc1cc(/C=C/C(=O)O[C@H](C)C(=O)N(C)[C@@H]2CCS(=O)(=O)C2)cc(OC)c1. The second-order valence-corrected chi connectivity index (χ2v) is 8.79. The number of amides is 1. The number of nitrogens with zero attached hydrogens (tertiary/aromatic N) is 1. The molecule has 1 aromatic carbocycles. The Labute approximate surface area is 165 Å². The molecule has 0 N–H and O–H groups in total. The van der Waals surface area contributed by atoms with Gasteiger partial charge in [0, 0.05) is 25.2 Å². The standard InChI is InChI=1S/C19H25NO7S/c1-13(19(22)20(2)15-7-8-28(23,24)12-15)27-18(21)6-5-14-9-16(25-3)11-17(10-14)26-4/h5-6,9-11,13,15H,7-8,12H2,1-4H3/b6-5+/t13-,15-/m1/s1. The molecular formula is C19H25NO7S. The number of ether oxygens (including phenoxy) is 3. The molecule has 0 saturated carbocycles. The summed E-state index contributed by atoms with van der Waals surface area (Å²) in [6, 6.07) is 4.75. The van der Waals surface area contributed by atoms with Gasteiger partial charge in [-0.05, 0) is 37.1 Å². The summed E-state index contributed by atoms with van der Waals surface area (Å²) in [6.45, 7) is 1.46. The number of carbonyl (C=O) groups is 2. The molecule has 0 unspecified atom stereocenters. The Morgan fingerprint density at radius 2 is 1.79 bits per heavy atom. The average Bonchev–Trinajstić information content (AvgIpc) is 3.04. The Hall–Kier alpha value is -2.55. The first-order chi connectivity index (χ1) is 13.1. The van der Waals surface area contributed by atoms with Crippen molar-refractivity contribution in [2.45, 2.75) is 25.5 Å². The molecule has 0 aliphatic carbocycles. The topological polar surface area (TPSA) is 99.2 Å². The summed E-state index contributed by atoms with van der Waals surface area (Å²) in [4.78, 5) is 25.8. The highest BCUT2D eigenvalue weighted by Crippen LogP contribution is 2.23. The van der Waals surface area contributed by atoms with Crippen molar-refractivity contribution in [3.63, 3.8) is 0 Å². The first-order valence-corrected chi connectivity index (χ1v) is 10.6. The quantitative estimate of drug-likeness (QED) is 0.492. The fourth-order valence-electron chi connectivity index (χ4n) is 2.90. The van der Waals surface area contributed by atoms with Crippen molar-refractivity contribution in [1.82, 2.24) is 4.90 Å². The summed E-state index contributed by atoms with van der Waals surface area (Å²) in [5, 5.41) is 0. The number of sulfone groups is 1. The van der Waals surface area contributed by atoms with Gasteiger partial charge in [0.05, 0.1) is 25.7 Å². The van der Waals surface area contributed by atoms with Crippen LogP contribution in [-0.2, 0) is 24.2 Å². The lowest BCUT2D eigenvalue weighted by molar-refractivity contribution is -0.155. The van der Waals surface area contributed by atoms with E-state index in [1.165, 1.54) is 45.2 Å².